The highest BCUT2D eigenvalue weighted by molar-refractivity contribution is 7.93. The first-order chi connectivity index (χ1) is 15.3. The van der Waals surface area contributed by atoms with E-state index in [9.17, 15) is 18.3 Å². The third-order valence-electron chi connectivity index (χ3n) is 5.18. The molecule has 0 amide bonds. The normalized spacial score (nSPS) is 12.3. The van der Waals surface area contributed by atoms with E-state index in [2.05, 4.69) is 16.8 Å². The maximum Gasteiger partial charge on any atom is 0.307 e. The lowest BCUT2D eigenvalue weighted by Gasteiger charge is -2.11. The molecule has 0 aliphatic rings. The van der Waals surface area contributed by atoms with Crippen LogP contribution in [0.2, 0.25) is 0 Å². The van der Waals surface area contributed by atoms with Crippen molar-refractivity contribution >= 4 is 38.0 Å². The highest BCUT2D eigenvalue weighted by atomic mass is 32.2. The van der Waals surface area contributed by atoms with E-state index in [4.69, 9.17) is 0 Å². The maximum atomic E-state index is 13.0. The maximum absolute atomic E-state index is 13.0. The predicted octanol–water partition coefficient (Wildman–Crippen LogP) is 4.65. The number of H-pyrrole nitrogens is 1. The lowest BCUT2D eigenvalue weighted by molar-refractivity contribution is -0.140. The number of aromatic amines is 1. The van der Waals surface area contributed by atoms with Gasteiger partial charge in [0, 0.05) is 22.7 Å². The zero-order valence-corrected chi connectivity index (χ0v) is 19.0. The molecular formula is C25H21NO4S2. The second kappa shape index (κ2) is 9.03. The minimum atomic E-state index is -3.77. The van der Waals surface area contributed by atoms with Crippen LogP contribution in [0.3, 0.4) is 0 Å². The molecule has 0 fully saturated rings. The van der Waals surface area contributed by atoms with Crippen LogP contribution in [0.15, 0.2) is 71.1 Å². The Morgan fingerprint density at radius 3 is 2.56 bits per heavy atom. The Balaban J connectivity index is 1.52. The fourth-order valence-corrected chi connectivity index (χ4v) is 6.26. The van der Waals surface area contributed by atoms with Crippen LogP contribution in [0.4, 0.5) is 0 Å². The summed E-state index contributed by atoms with van der Waals surface area (Å²) in [7, 11) is -3.77. The molecule has 0 radical (unpaired) electrons. The lowest BCUT2D eigenvalue weighted by atomic mass is 10.0. The molecule has 2 heterocycles. The van der Waals surface area contributed by atoms with E-state index in [1.54, 1.807) is 12.3 Å². The van der Waals surface area contributed by atoms with E-state index in [1.807, 2.05) is 55.5 Å². The molecular weight excluding hydrogens is 442 g/mol. The van der Waals surface area contributed by atoms with Crippen molar-refractivity contribution in [1.29, 1.82) is 0 Å². The molecule has 0 aliphatic carbocycles. The zero-order valence-electron chi connectivity index (χ0n) is 17.3. The quantitative estimate of drug-likeness (QED) is 0.407. The first kappa shape index (κ1) is 21.9. The number of carbonyl (C=O) groups is 1. The molecule has 0 bridgehead atoms. The molecule has 0 saturated carbocycles. The number of benzene rings is 2. The van der Waals surface area contributed by atoms with E-state index >= 15 is 0 Å². The summed E-state index contributed by atoms with van der Waals surface area (Å²) in [6.07, 6.45) is 1.88. The number of rotatable bonds is 6. The molecule has 0 aliphatic heterocycles. The van der Waals surface area contributed by atoms with Crippen LogP contribution in [0, 0.1) is 24.7 Å². The summed E-state index contributed by atoms with van der Waals surface area (Å²) in [5, 5.41) is 10.6. The van der Waals surface area contributed by atoms with Gasteiger partial charge in [-0.2, -0.15) is 0 Å². The Morgan fingerprint density at radius 2 is 1.81 bits per heavy atom. The third-order valence-corrected chi connectivity index (χ3v) is 8.58. The molecule has 5 nitrogen and oxygen atoms in total. The van der Waals surface area contributed by atoms with Crippen LogP contribution in [0.1, 0.15) is 21.6 Å². The number of fused-ring (bicyclic) bond motifs is 1. The topological polar surface area (TPSA) is 87.2 Å². The number of nitrogens with one attached hydrogen (secondary N) is 1. The highest BCUT2D eigenvalue weighted by Crippen LogP contribution is 2.26. The van der Waals surface area contributed by atoms with Gasteiger partial charge >= 0.3 is 5.97 Å². The van der Waals surface area contributed by atoms with Gasteiger partial charge in [-0.3, -0.25) is 4.79 Å². The summed E-state index contributed by atoms with van der Waals surface area (Å²) >= 11 is 1.07. The number of aromatic nitrogens is 1. The fraction of sp³-hybridized carbons (Fsp3) is 0.160. The van der Waals surface area contributed by atoms with Crippen LogP contribution in [-0.4, -0.2) is 30.2 Å². The van der Waals surface area contributed by atoms with E-state index in [0.29, 0.717) is 4.88 Å². The summed E-state index contributed by atoms with van der Waals surface area (Å²) in [6.45, 7) is 2.00. The number of aryl methyl sites for hydroxylation is 1. The van der Waals surface area contributed by atoms with Crippen LogP contribution in [0.5, 0.6) is 0 Å². The molecule has 0 unspecified atom stereocenters. The number of carboxylic acid groups (broad SMARTS) is 1. The fourth-order valence-electron chi connectivity index (χ4n) is 3.46. The van der Waals surface area contributed by atoms with Gasteiger partial charge in [0.25, 0.3) is 0 Å². The first-order valence-electron chi connectivity index (χ1n) is 10.0. The van der Waals surface area contributed by atoms with Crippen molar-refractivity contribution in [3.05, 3.63) is 88.4 Å². The van der Waals surface area contributed by atoms with Gasteiger partial charge in [0.1, 0.15) is 4.21 Å². The van der Waals surface area contributed by atoms with Crippen molar-refractivity contribution in [1.82, 2.24) is 4.98 Å². The molecule has 0 saturated heterocycles. The van der Waals surface area contributed by atoms with Crippen LogP contribution < -0.4 is 0 Å². The largest absolute Gasteiger partial charge is 0.481 e. The molecule has 0 spiro atoms. The van der Waals surface area contributed by atoms with Crippen LogP contribution in [-0.2, 0) is 21.1 Å². The van der Waals surface area contributed by atoms with E-state index in [0.717, 1.165) is 38.9 Å². The molecule has 162 valence electrons. The standard InChI is InChI=1S/C25H21NO4S2/c1-17-6-8-18(9-7-17)10-11-21-12-13-24(31-21)32(29,30)16-20(25(27)28)14-19-15-26-23-5-3-2-4-22(19)23/h2-9,12-13,15,20,26H,14,16H2,1H3,(H,27,28)/t20-/m1/s1. The minimum absolute atomic E-state index is 0.129. The Morgan fingerprint density at radius 1 is 1.06 bits per heavy atom. The van der Waals surface area contributed by atoms with Gasteiger partial charge in [0.05, 0.1) is 16.5 Å². The van der Waals surface area contributed by atoms with Crippen molar-refractivity contribution in [3.8, 4) is 11.8 Å². The van der Waals surface area contributed by atoms with E-state index in [-0.39, 0.29) is 10.6 Å². The summed E-state index contributed by atoms with van der Waals surface area (Å²) < 4.78 is 26.0. The first-order valence-corrected chi connectivity index (χ1v) is 12.5. The van der Waals surface area contributed by atoms with Crippen LogP contribution in [0.25, 0.3) is 10.9 Å². The molecule has 4 rings (SSSR count). The minimum Gasteiger partial charge on any atom is -0.481 e. The second-order valence-corrected chi connectivity index (χ2v) is 11.0. The molecule has 32 heavy (non-hydrogen) atoms. The summed E-state index contributed by atoms with van der Waals surface area (Å²) in [4.78, 5) is 15.6. The van der Waals surface area contributed by atoms with E-state index < -0.39 is 27.5 Å². The number of sulfone groups is 1. The second-order valence-electron chi connectivity index (χ2n) is 7.61. The number of carboxylic acids is 1. The summed E-state index contributed by atoms with van der Waals surface area (Å²) in [5.41, 5.74) is 3.67. The van der Waals surface area contributed by atoms with Crippen molar-refractivity contribution in [2.45, 2.75) is 17.6 Å². The van der Waals surface area contributed by atoms with Gasteiger partial charge in [-0.15, -0.1) is 11.3 Å². The molecule has 1 atom stereocenters. The molecule has 2 aromatic heterocycles. The lowest BCUT2D eigenvalue weighted by Crippen LogP contribution is -2.25. The number of hydrogen-bond acceptors (Lipinski definition) is 4. The van der Waals surface area contributed by atoms with Crippen molar-refractivity contribution < 1.29 is 18.3 Å². The average molecular weight is 464 g/mol. The third kappa shape index (κ3) is 4.93. The van der Waals surface area contributed by atoms with Gasteiger partial charge < -0.3 is 10.1 Å². The molecule has 7 heteroatoms. The monoisotopic (exact) mass is 463 g/mol. The number of hydrogen-bond donors (Lipinski definition) is 2. The number of para-hydroxylation sites is 1. The summed E-state index contributed by atoms with van der Waals surface area (Å²) in [5.74, 6) is 3.37. The molecule has 2 N–H and O–H groups in total. The Bertz CT molecular complexity index is 1430. The van der Waals surface area contributed by atoms with E-state index in [1.165, 1.54) is 6.07 Å². The zero-order chi connectivity index (χ0) is 22.7. The predicted molar refractivity (Wildman–Crippen MR) is 127 cm³/mol. The summed E-state index contributed by atoms with van der Waals surface area (Å²) in [6, 6.07) is 18.5. The Labute approximate surface area is 190 Å². The SMILES string of the molecule is Cc1ccc(C#Cc2ccc(S(=O)(=O)C[C@@H](Cc3c[nH]c4ccccc34)C(=O)O)s2)cc1. The van der Waals surface area contributed by atoms with Gasteiger partial charge in [0.15, 0.2) is 9.84 Å². The van der Waals surface area contributed by atoms with Crippen LogP contribution >= 0.6 is 11.3 Å². The average Bonchev–Trinajstić information content (AvgIpc) is 3.41. The molecule has 4 aromatic rings. The Kier molecular flexibility index (Phi) is 6.17. The smallest absolute Gasteiger partial charge is 0.307 e. The number of aliphatic carboxylic acids is 1. The highest BCUT2D eigenvalue weighted by Gasteiger charge is 2.28. The van der Waals surface area contributed by atoms with Gasteiger partial charge in [-0.05, 0) is 49.2 Å². The Hall–Kier alpha value is -3.34. The number of thiophene rings is 1. The van der Waals surface area contributed by atoms with Gasteiger partial charge in [-0.25, -0.2) is 8.42 Å². The van der Waals surface area contributed by atoms with Crippen molar-refractivity contribution in [3.63, 3.8) is 0 Å². The van der Waals surface area contributed by atoms with Crippen molar-refractivity contribution in [2.75, 3.05) is 5.75 Å². The van der Waals surface area contributed by atoms with Crippen molar-refractivity contribution in [2.24, 2.45) is 5.92 Å². The van der Waals surface area contributed by atoms with Gasteiger partial charge in [-0.1, -0.05) is 47.7 Å². The van der Waals surface area contributed by atoms with Gasteiger partial charge in [0.2, 0.25) is 0 Å². The molecule has 2 aromatic carbocycles.